The second kappa shape index (κ2) is 13.1. The van der Waals surface area contributed by atoms with Crippen LogP contribution in [0.3, 0.4) is 0 Å². The molecule has 5 atom stereocenters. The Kier molecular flexibility index (Phi) is 9.39. The summed E-state index contributed by atoms with van der Waals surface area (Å²) in [7, 11) is 0. The molecule has 3 aromatic rings. The van der Waals surface area contributed by atoms with Gasteiger partial charge in [0.05, 0.1) is 5.69 Å². The zero-order valence-electron chi connectivity index (χ0n) is 22.9. The van der Waals surface area contributed by atoms with Gasteiger partial charge in [-0.25, -0.2) is 4.39 Å². The second-order valence-electron chi connectivity index (χ2n) is 11.8. The first-order valence-corrected chi connectivity index (χ1v) is 15.1. The third-order valence-corrected chi connectivity index (χ3v) is 9.46. The van der Waals surface area contributed by atoms with Gasteiger partial charge in [-0.05, 0) is 91.7 Å². The Balaban J connectivity index is 1.13. The van der Waals surface area contributed by atoms with Crippen LogP contribution in [0, 0.1) is 29.5 Å². The third kappa shape index (κ3) is 7.30. The molecule has 1 aromatic heterocycles. The highest BCUT2D eigenvalue weighted by molar-refractivity contribution is 6.30. The zero-order valence-corrected chi connectivity index (χ0v) is 23.6. The first-order valence-electron chi connectivity index (χ1n) is 14.7. The van der Waals surface area contributed by atoms with Crippen LogP contribution in [0.2, 0.25) is 5.02 Å². The largest absolute Gasteiger partial charge is 0.356 e. The summed E-state index contributed by atoms with van der Waals surface area (Å²) in [6, 6.07) is 12.3. The Morgan fingerprint density at radius 1 is 1.08 bits per heavy atom. The van der Waals surface area contributed by atoms with Crippen molar-refractivity contribution < 1.29 is 13.7 Å². The number of fused-ring (bicyclic) bond motifs is 1. The Labute approximate surface area is 236 Å². The summed E-state index contributed by atoms with van der Waals surface area (Å²) in [5, 5.41) is 9.16. The highest BCUT2D eigenvalue weighted by Crippen LogP contribution is 2.42. The number of rotatable bonds is 8. The maximum absolute atomic E-state index is 13.6. The number of hydrogen-bond donors (Lipinski definition) is 1. The lowest BCUT2D eigenvalue weighted by atomic mass is 9.72. The maximum Gasteiger partial charge on any atom is 0.244 e. The van der Waals surface area contributed by atoms with Crippen molar-refractivity contribution in [1.82, 2.24) is 10.5 Å². The van der Waals surface area contributed by atoms with E-state index in [9.17, 15) is 9.18 Å². The van der Waals surface area contributed by atoms with E-state index in [0.717, 1.165) is 36.0 Å². The van der Waals surface area contributed by atoms with Gasteiger partial charge in [0, 0.05) is 35.0 Å². The molecule has 1 N–H and O–H groups in total. The molecule has 5 unspecified atom stereocenters. The van der Waals surface area contributed by atoms with Crippen LogP contribution in [0.15, 0.2) is 53.1 Å². The van der Waals surface area contributed by atoms with Gasteiger partial charge in [-0.15, -0.1) is 0 Å². The van der Waals surface area contributed by atoms with Crippen LogP contribution in [-0.2, 0) is 4.79 Å². The molecule has 2 aromatic carbocycles. The molecule has 6 heteroatoms. The van der Waals surface area contributed by atoms with E-state index in [1.165, 1.54) is 63.5 Å². The number of hydrogen-bond acceptors (Lipinski definition) is 3. The quantitative estimate of drug-likeness (QED) is 0.225. The van der Waals surface area contributed by atoms with Gasteiger partial charge < -0.3 is 9.84 Å². The average Bonchev–Trinajstić information content (AvgIpc) is 3.18. The minimum atomic E-state index is -0.283. The smallest absolute Gasteiger partial charge is 0.244 e. The number of carbonyl (C=O) groups is 1. The van der Waals surface area contributed by atoms with Crippen molar-refractivity contribution in [3.63, 3.8) is 0 Å². The number of carbonyl (C=O) groups excluding carboxylic acids is 1. The van der Waals surface area contributed by atoms with Gasteiger partial charge in [0.1, 0.15) is 5.82 Å². The molecule has 1 heterocycles. The van der Waals surface area contributed by atoms with Crippen molar-refractivity contribution in [2.75, 3.05) is 6.54 Å². The average molecular weight is 551 g/mol. The van der Waals surface area contributed by atoms with Crippen molar-refractivity contribution in [2.45, 2.75) is 77.0 Å². The fraction of sp³-hybridized carbons (Fsp3) is 0.515. The molecule has 208 valence electrons. The van der Waals surface area contributed by atoms with E-state index in [4.69, 9.17) is 16.1 Å². The molecule has 1 amide bonds. The standard InChI is InChI=1S/C33H40ClFN2O2/c1-22(24-9-5-10-25(14-13-24)33-30-16-15-29(35)20-31(30)39-37-33)18-26-7-2-3-8-27(26)21-36-32(38)17-12-23-6-4-11-28(34)19-23/h4,6,11-12,15-17,19-20,22,24-27H,2-3,5,7-10,13-14,18,21H2,1H3,(H,36,38). The molecule has 0 bridgehead atoms. The molecule has 0 spiro atoms. The van der Waals surface area contributed by atoms with Crippen LogP contribution in [0.5, 0.6) is 0 Å². The molecule has 0 aliphatic heterocycles. The normalized spacial score (nSPS) is 25.0. The van der Waals surface area contributed by atoms with Crippen molar-refractivity contribution in [3.05, 3.63) is 70.6 Å². The Morgan fingerprint density at radius 3 is 2.77 bits per heavy atom. The highest BCUT2D eigenvalue weighted by atomic mass is 35.5. The SMILES string of the molecule is CC(CC1CCCCC1CNC(=O)C=Cc1cccc(Cl)c1)C1CCCC(c2noc3cc(F)ccc23)CC1. The molecule has 0 radical (unpaired) electrons. The summed E-state index contributed by atoms with van der Waals surface area (Å²) >= 11 is 6.05. The van der Waals surface area contributed by atoms with Crippen LogP contribution >= 0.6 is 11.6 Å². The van der Waals surface area contributed by atoms with Crippen LogP contribution < -0.4 is 5.32 Å². The van der Waals surface area contributed by atoms with Gasteiger partial charge in [-0.2, -0.15) is 0 Å². The molecular formula is C33H40ClFN2O2. The van der Waals surface area contributed by atoms with E-state index in [1.807, 2.05) is 36.4 Å². The molecule has 39 heavy (non-hydrogen) atoms. The molecular weight excluding hydrogens is 511 g/mol. The number of benzene rings is 2. The Morgan fingerprint density at radius 2 is 1.92 bits per heavy atom. The number of nitrogens with one attached hydrogen (secondary N) is 1. The summed E-state index contributed by atoms with van der Waals surface area (Å²) in [4.78, 5) is 12.5. The topological polar surface area (TPSA) is 55.1 Å². The third-order valence-electron chi connectivity index (χ3n) is 9.22. The van der Waals surface area contributed by atoms with E-state index in [2.05, 4.69) is 17.4 Å². The van der Waals surface area contributed by atoms with Gasteiger partial charge in [0.15, 0.2) is 5.58 Å². The summed E-state index contributed by atoms with van der Waals surface area (Å²) in [5.41, 5.74) is 2.48. The van der Waals surface area contributed by atoms with Gasteiger partial charge in [0.2, 0.25) is 5.91 Å². The van der Waals surface area contributed by atoms with E-state index in [-0.39, 0.29) is 11.7 Å². The molecule has 5 rings (SSSR count). The van der Waals surface area contributed by atoms with Gasteiger partial charge in [0.25, 0.3) is 0 Å². The molecule has 4 nitrogen and oxygen atoms in total. The number of halogens is 2. The lowest BCUT2D eigenvalue weighted by Crippen LogP contribution is -2.34. The maximum atomic E-state index is 13.6. The van der Waals surface area contributed by atoms with Gasteiger partial charge >= 0.3 is 0 Å². The van der Waals surface area contributed by atoms with Crippen LogP contribution in [0.25, 0.3) is 17.0 Å². The summed E-state index contributed by atoms with van der Waals surface area (Å²) in [6.45, 7) is 3.19. The second-order valence-corrected chi connectivity index (χ2v) is 12.3. The number of aromatic nitrogens is 1. The van der Waals surface area contributed by atoms with Crippen LogP contribution in [0.1, 0.15) is 88.3 Å². The highest BCUT2D eigenvalue weighted by Gasteiger charge is 2.31. The fourth-order valence-corrected chi connectivity index (χ4v) is 7.20. The summed E-state index contributed by atoms with van der Waals surface area (Å²) in [6.07, 6.45) is 15.5. The zero-order chi connectivity index (χ0) is 27.2. The lowest BCUT2D eigenvalue weighted by molar-refractivity contribution is -0.116. The summed E-state index contributed by atoms with van der Waals surface area (Å²) < 4.78 is 19.1. The molecule has 2 fully saturated rings. The predicted molar refractivity (Wildman–Crippen MR) is 156 cm³/mol. The first-order chi connectivity index (χ1) is 19.0. The first kappa shape index (κ1) is 27.9. The van der Waals surface area contributed by atoms with Gasteiger partial charge in [-0.1, -0.05) is 67.9 Å². The minimum absolute atomic E-state index is 0.0368. The predicted octanol–water partition coefficient (Wildman–Crippen LogP) is 8.95. The lowest BCUT2D eigenvalue weighted by Gasteiger charge is -2.35. The monoisotopic (exact) mass is 550 g/mol. The van der Waals surface area contributed by atoms with Crippen molar-refractivity contribution in [2.24, 2.45) is 23.7 Å². The molecule has 2 saturated carbocycles. The van der Waals surface area contributed by atoms with Crippen molar-refractivity contribution in [3.8, 4) is 0 Å². The fourth-order valence-electron chi connectivity index (χ4n) is 7.00. The molecule has 2 aliphatic carbocycles. The van der Waals surface area contributed by atoms with Crippen molar-refractivity contribution in [1.29, 1.82) is 0 Å². The van der Waals surface area contributed by atoms with E-state index in [1.54, 1.807) is 6.08 Å². The molecule has 0 saturated heterocycles. The van der Waals surface area contributed by atoms with E-state index >= 15 is 0 Å². The van der Waals surface area contributed by atoms with E-state index < -0.39 is 0 Å². The number of amides is 1. The Bertz CT molecular complexity index is 1290. The summed E-state index contributed by atoms with van der Waals surface area (Å²) in [5.74, 6) is 2.65. The van der Waals surface area contributed by atoms with Crippen LogP contribution in [0.4, 0.5) is 4.39 Å². The number of nitrogens with zero attached hydrogens (tertiary/aromatic N) is 1. The van der Waals surface area contributed by atoms with Crippen molar-refractivity contribution >= 4 is 34.6 Å². The Hall–Kier alpha value is -2.66. The van der Waals surface area contributed by atoms with Crippen LogP contribution in [-0.4, -0.2) is 17.6 Å². The minimum Gasteiger partial charge on any atom is -0.356 e. The van der Waals surface area contributed by atoms with Gasteiger partial charge in [-0.3, -0.25) is 4.79 Å². The van der Waals surface area contributed by atoms with E-state index in [0.29, 0.717) is 40.2 Å². The molecule has 2 aliphatic rings.